The molecule has 0 N–H and O–H groups in total. The molecule has 0 unspecified atom stereocenters. The van der Waals surface area contributed by atoms with E-state index in [2.05, 4.69) is 223 Å². The summed E-state index contributed by atoms with van der Waals surface area (Å²) in [5.74, 6) is 1.43. The molecular weight excluding hydrogens is 987 g/mol. The monoisotopic (exact) mass is 1040 g/mol. The molecule has 3 aromatic heterocycles. The molecule has 0 saturated heterocycles. The van der Waals surface area contributed by atoms with Gasteiger partial charge in [0.15, 0.2) is 0 Å². The van der Waals surface area contributed by atoms with Gasteiger partial charge in [-0.3, -0.25) is 4.98 Å². The number of furan rings is 1. The summed E-state index contributed by atoms with van der Waals surface area (Å²) in [7, 11) is -1.28. The number of imidazole rings is 1. The van der Waals surface area contributed by atoms with Crippen LogP contribution >= 0.6 is 0 Å². The Labute approximate surface area is 399 Å². The zero-order chi connectivity index (χ0) is 44.9. The van der Waals surface area contributed by atoms with Crippen LogP contribution < -0.4 is 5.19 Å². The Balaban J connectivity index is 0.000000230. The molecule has 0 aliphatic rings. The third-order valence-electron chi connectivity index (χ3n) is 12.4. The topological polar surface area (TPSA) is 43.9 Å². The van der Waals surface area contributed by atoms with Crippen molar-refractivity contribution < 1.29 is 24.5 Å². The number of rotatable bonds is 7. The summed E-state index contributed by atoms with van der Waals surface area (Å²) in [6.45, 7) is 22.9. The van der Waals surface area contributed by atoms with Crippen molar-refractivity contribution in [1.82, 2.24) is 14.5 Å². The molecular formula is C59H57IrN3OSi-2. The van der Waals surface area contributed by atoms with Gasteiger partial charge in [-0.05, 0) is 80.7 Å². The first-order chi connectivity index (χ1) is 30.7. The molecule has 0 saturated carbocycles. The summed E-state index contributed by atoms with van der Waals surface area (Å²) in [6, 6.07) is 58.3. The van der Waals surface area contributed by atoms with Gasteiger partial charge in [-0.25, -0.2) is 0 Å². The number of para-hydroxylation sites is 3. The van der Waals surface area contributed by atoms with E-state index in [0.29, 0.717) is 11.8 Å². The van der Waals surface area contributed by atoms with Gasteiger partial charge in [-0.1, -0.05) is 182 Å². The maximum atomic E-state index is 6.71. The third kappa shape index (κ3) is 8.80. The minimum absolute atomic E-state index is 0. The summed E-state index contributed by atoms with van der Waals surface area (Å²) < 4.78 is 9.09. The van der Waals surface area contributed by atoms with E-state index in [1.54, 1.807) is 0 Å². The molecule has 7 aromatic carbocycles. The van der Waals surface area contributed by atoms with Crippen LogP contribution in [0.3, 0.4) is 0 Å². The molecule has 0 fully saturated rings. The van der Waals surface area contributed by atoms with Gasteiger partial charge in [-0.2, -0.15) is 0 Å². The molecule has 0 aliphatic heterocycles. The molecule has 0 atom stereocenters. The minimum atomic E-state index is -1.28. The van der Waals surface area contributed by atoms with Crippen molar-refractivity contribution in [2.45, 2.75) is 85.4 Å². The third-order valence-corrected chi connectivity index (χ3v) is 14.4. The fourth-order valence-corrected chi connectivity index (χ4v) is 9.96. The fourth-order valence-electron chi connectivity index (χ4n) is 8.92. The predicted octanol–water partition coefficient (Wildman–Crippen LogP) is 15.8. The molecule has 0 amide bonds. The van der Waals surface area contributed by atoms with Crippen LogP contribution in [0.2, 0.25) is 19.6 Å². The van der Waals surface area contributed by atoms with Gasteiger partial charge in [0.1, 0.15) is 5.58 Å². The summed E-state index contributed by atoms with van der Waals surface area (Å²) in [5.41, 5.74) is 14.2. The first kappa shape index (κ1) is 45.6. The van der Waals surface area contributed by atoms with Gasteiger partial charge in [-0.15, -0.1) is 46.8 Å². The molecule has 10 aromatic rings. The largest absolute Gasteiger partial charge is 0.501 e. The molecule has 329 valence electrons. The Morgan fingerprint density at radius 1 is 0.662 bits per heavy atom. The Kier molecular flexibility index (Phi) is 12.8. The average Bonchev–Trinajstić information content (AvgIpc) is 3.87. The van der Waals surface area contributed by atoms with E-state index in [4.69, 9.17) is 9.40 Å². The van der Waals surface area contributed by atoms with Crippen LogP contribution in [0.15, 0.2) is 156 Å². The van der Waals surface area contributed by atoms with E-state index in [1.807, 2.05) is 18.3 Å². The zero-order valence-electron chi connectivity index (χ0n) is 39.2. The van der Waals surface area contributed by atoms with E-state index in [1.165, 1.54) is 49.5 Å². The maximum Gasteiger partial charge on any atom is 0.120 e. The summed E-state index contributed by atoms with van der Waals surface area (Å²) in [4.78, 5) is 9.99. The molecule has 4 nitrogen and oxygen atoms in total. The Morgan fingerprint density at radius 3 is 1.97 bits per heavy atom. The van der Waals surface area contributed by atoms with Crippen LogP contribution in [0.4, 0.5) is 0 Å². The quantitative estimate of drug-likeness (QED) is 0.118. The second kappa shape index (κ2) is 18.2. The van der Waals surface area contributed by atoms with E-state index in [-0.39, 0.29) is 25.5 Å². The molecule has 6 heteroatoms. The summed E-state index contributed by atoms with van der Waals surface area (Å²) >= 11 is 0. The number of benzene rings is 7. The van der Waals surface area contributed by atoms with Crippen LogP contribution in [-0.4, -0.2) is 22.6 Å². The smallest absolute Gasteiger partial charge is 0.120 e. The van der Waals surface area contributed by atoms with Gasteiger partial charge in [0.25, 0.3) is 0 Å². The molecule has 10 rings (SSSR count). The van der Waals surface area contributed by atoms with Crippen LogP contribution in [0.1, 0.15) is 77.0 Å². The van der Waals surface area contributed by atoms with Gasteiger partial charge >= 0.3 is 0 Å². The molecule has 0 aliphatic carbocycles. The van der Waals surface area contributed by atoms with Crippen molar-refractivity contribution >= 4 is 57.0 Å². The molecule has 1 radical (unpaired) electrons. The van der Waals surface area contributed by atoms with Crippen LogP contribution in [-0.2, 0) is 25.5 Å². The second-order valence-electron chi connectivity index (χ2n) is 19.7. The standard InChI is InChI=1S/C41H39N2O.C18H18NSi.Ir/c1-25(2)31-23-28(27-15-9-8-10-16-27)24-32(26(3)4)38(31)43-35-19-13-12-18-34(35)42-40(43)30-21-22-33(41(5,6)7)37-29-17-11-14-20-36(29)44-39(30)37;1-20(2,3)15-11-12-18(19-13-15)17-10-6-8-14-7-4-5-9-16(14)17;/h8-20,22-26H,1-7H3;4-9,11-13H,1-3H3;/q2*-1;. The maximum absolute atomic E-state index is 6.71. The Morgan fingerprint density at radius 2 is 1.31 bits per heavy atom. The van der Waals surface area contributed by atoms with Crippen LogP contribution in [0, 0.1) is 12.1 Å². The number of fused-ring (bicyclic) bond motifs is 5. The van der Waals surface area contributed by atoms with E-state index in [9.17, 15) is 0 Å². The first-order valence-electron chi connectivity index (χ1n) is 22.6. The number of hydrogen-bond donors (Lipinski definition) is 0. The fraction of sp³-hybridized carbons (Fsp3) is 0.220. The molecule has 0 bridgehead atoms. The molecule has 3 heterocycles. The van der Waals surface area contributed by atoms with Crippen LogP contribution in [0.5, 0.6) is 0 Å². The normalized spacial score (nSPS) is 12.0. The SMILES string of the molecule is CC(C)c1cc(-c2ccccc2)cc(C(C)C)c1-n1c(-c2[c-]cc(C(C)(C)C)c3c2oc2ccccc23)nc2ccccc21.C[Si](C)(C)c1ccc(-c2[c-]ccc3ccccc23)nc1.[Ir]. The van der Waals surface area contributed by atoms with E-state index < -0.39 is 8.07 Å². The van der Waals surface area contributed by atoms with E-state index in [0.717, 1.165) is 55.6 Å². The molecule has 65 heavy (non-hydrogen) atoms. The van der Waals surface area contributed by atoms with Crippen molar-refractivity contribution in [2.75, 3.05) is 0 Å². The van der Waals surface area contributed by atoms with Crippen molar-refractivity contribution in [3.63, 3.8) is 0 Å². The number of hydrogen-bond acceptors (Lipinski definition) is 3. The number of pyridine rings is 1. The average molecular weight is 1040 g/mol. The van der Waals surface area contributed by atoms with Crippen molar-refractivity contribution in [1.29, 1.82) is 0 Å². The first-order valence-corrected chi connectivity index (χ1v) is 26.1. The van der Waals surface area contributed by atoms with Gasteiger partial charge in [0.05, 0.1) is 30.5 Å². The van der Waals surface area contributed by atoms with Gasteiger partial charge in [0, 0.05) is 37.4 Å². The van der Waals surface area contributed by atoms with Crippen molar-refractivity contribution in [3.05, 3.63) is 181 Å². The minimum Gasteiger partial charge on any atom is -0.501 e. The predicted molar refractivity (Wildman–Crippen MR) is 274 cm³/mol. The Bertz CT molecular complexity index is 3260. The van der Waals surface area contributed by atoms with Gasteiger partial charge in [0.2, 0.25) is 0 Å². The number of nitrogens with zero attached hydrogens (tertiary/aromatic N) is 3. The summed E-state index contributed by atoms with van der Waals surface area (Å²) in [5, 5.41) is 6.11. The van der Waals surface area contributed by atoms with Gasteiger partial charge < -0.3 is 14.0 Å². The Hall–Kier alpha value is -5.91. The molecule has 0 spiro atoms. The van der Waals surface area contributed by atoms with Crippen molar-refractivity contribution in [2.24, 2.45) is 0 Å². The van der Waals surface area contributed by atoms with Crippen LogP contribution in [0.25, 0.3) is 83.2 Å². The number of aromatic nitrogens is 3. The van der Waals surface area contributed by atoms with E-state index >= 15 is 0 Å². The zero-order valence-corrected chi connectivity index (χ0v) is 42.6. The van der Waals surface area contributed by atoms with Crippen molar-refractivity contribution in [3.8, 4) is 39.5 Å². The summed E-state index contributed by atoms with van der Waals surface area (Å²) in [6.07, 6.45) is 2.04. The second-order valence-corrected chi connectivity index (χ2v) is 24.8.